The Kier molecular flexibility index (Phi) is 8.50. The summed E-state index contributed by atoms with van der Waals surface area (Å²) in [5, 5.41) is 16.2. The van der Waals surface area contributed by atoms with Crippen molar-refractivity contribution in [3.8, 4) is 22.9 Å². The highest BCUT2D eigenvalue weighted by atomic mass is 19.4. The Morgan fingerprint density at radius 2 is 1.30 bits per heavy atom. The van der Waals surface area contributed by atoms with E-state index in [1.807, 2.05) is 6.92 Å². The van der Waals surface area contributed by atoms with E-state index in [0.717, 1.165) is 18.2 Å². The Hall–Kier alpha value is -6.53. The lowest BCUT2D eigenvalue weighted by atomic mass is 9.96. The predicted molar refractivity (Wildman–Crippen MR) is 169 cm³/mol. The molecule has 0 saturated carbocycles. The minimum Gasteiger partial charge on any atom is -0.476 e. The van der Waals surface area contributed by atoms with Crippen LogP contribution in [0.2, 0.25) is 0 Å². The molecule has 7 heterocycles. The zero-order valence-electron chi connectivity index (χ0n) is 26.9. The van der Waals surface area contributed by atoms with Crippen LogP contribution >= 0.6 is 0 Å². The maximum Gasteiger partial charge on any atom is 0.433 e. The van der Waals surface area contributed by atoms with Crippen molar-refractivity contribution >= 4 is 28.9 Å². The lowest BCUT2D eigenvalue weighted by Gasteiger charge is -2.34. The standard InChI is InChI=1S/C22H16F4N4O2.C12H6F3N3O3/c1-12-4-5-13-9-14(23)6-7-17(13)29(12)21(31)16-11-20-27-15(18-3-2-8-32-18)10-19(22(24,25)26)30(20)28-16;13-12(14,15)9-4-6(8-2-1-3-21-8)16-10-5-7(11(19)20)17-18(9)10/h2-3,6-12H,4-5H2,1H3;1-5H,(H,19,20). The zero-order chi connectivity index (χ0) is 37.8. The average Bonchev–Trinajstić information content (AvgIpc) is 3.92. The number of carbonyl (C=O) groups is 2. The molecule has 0 saturated heterocycles. The van der Waals surface area contributed by atoms with Gasteiger partial charge in [-0.25, -0.2) is 28.2 Å². The van der Waals surface area contributed by atoms with E-state index in [2.05, 4.69) is 20.2 Å². The molecule has 1 N–H and O–H groups in total. The number of carboxylic acid groups (broad SMARTS) is 1. The highest BCUT2D eigenvalue weighted by molar-refractivity contribution is 6.06. The number of hydrogen-bond acceptors (Lipinski definition) is 8. The van der Waals surface area contributed by atoms with E-state index >= 15 is 0 Å². The van der Waals surface area contributed by atoms with Gasteiger partial charge in [0, 0.05) is 23.9 Å². The number of aryl methyl sites for hydroxylation is 1. The minimum atomic E-state index is -4.74. The third-order valence-corrected chi connectivity index (χ3v) is 8.21. The van der Waals surface area contributed by atoms with E-state index in [9.17, 15) is 40.3 Å². The first kappa shape index (κ1) is 34.9. The number of aromatic carboxylic acids is 1. The summed E-state index contributed by atoms with van der Waals surface area (Å²) >= 11 is 0. The van der Waals surface area contributed by atoms with Gasteiger partial charge in [-0.2, -0.15) is 36.5 Å². The van der Waals surface area contributed by atoms with Gasteiger partial charge in [-0.15, -0.1) is 0 Å². The van der Waals surface area contributed by atoms with Crippen LogP contribution < -0.4 is 4.90 Å². The van der Waals surface area contributed by atoms with Crippen LogP contribution in [0.25, 0.3) is 34.2 Å². The summed E-state index contributed by atoms with van der Waals surface area (Å²) in [5.41, 5.74) is -2.20. The fourth-order valence-corrected chi connectivity index (χ4v) is 5.82. The molecule has 0 fully saturated rings. The van der Waals surface area contributed by atoms with Crippen LogP contribution in [0.1, 0.15) is 51.3 Å². The van der Waals surface area contributed by atoms with Gasteiger partial charge in [0.25, 0.3) is 5.91 Å². The molecule has 0 aliphatic carbocycles. The first-order valence-electron chi connectivity index (χ1n) is 15.5. The number of aromatic nitrogens is 6. The number of carbonyl (C=O) groups excluding carboxylic acids is 1. The molecule has 1 amide bonds. The second-order valence-corrected chi connectivity index (χ2v) is 11.7. The van der Waals surface area contributed by atoms with Crippen molar-refractivity contribution < 1.29 is 54.3 Å². The van der Waals surface area contributed by atoms with Gasteiger partial charge < -0.3 is 18.8 Å². The largest absolute Gasteiger partial charge is 0.476 e. The Morgan fingerprint density at radius 3 is 1.79 bits per heavy atom. The molecule has 6 aromatic heterocycles. The average molecular weight is 742 g/mol. The van der Waals surface area contributed by atoms with Gasteiger partial charge in [-0.3, -0.25) is 4.79 Å². The SMILES string of the molecule is CC1CCc2cc(F)ccc2N1C(=O)c1cc2nc(-c3ccco3)cc(C(F)(F)F)n2n1.O=C(O)c1cc2nc(-c3ccco3)cc(C(F)(F)F)n2n1. The van der Waals surface area contributed by atoms with Gasteiger partial charge in [0.15, 0.2) is 45.6 Å². The van der Waals surface area contributed by atoms with E-state index in [0.29, 0.717) is 33.1 Å². The van der Waals surface area contributed by atoms with Gasteiger partial charge in [-0.05, 0) is 79.9 Å². The molecule has 53 heavy (non-hydrogen) atoms. The van der Waals surface area contributed by atoms with Gasteiger partial charge in [0.05, 0.1) is 12.5 Å². The fraction of sp³-hybridized carbons (Fsp3) is 0.176. The Bertz CT molecular complexity index is 2490. The molecule has 0 spiro atoms. The van der Waals surface area contributed by atoms with Gasteiger partial charge in [0.2, 0.25) is 0 Å². The lowest BCUT2D eigenvalue weighted by molar-refractivity contribution is -0.143. The van der Waals surface area contributed by atoms with Crippen molar-refractivity contribution in [1.29, 1.82) is 0 Å². The third kappa shape index (κ3) is 6.67. The smallest absolute Gasteiger partial charge is 0.433 e. The van der Waals surface area contributed by atoms with Gasteiger partial charge >= 0.3 is 18.3 Å². The topological polar surface area (TPSA) is 144 Å². The second-order valence-electron chi connectivity index (χ2n) is 11.7. The highest BCUT2D eigenvalue weighted by Gasteiger charge is 2.38. The Labute approximate surface area is 291 Å². The monoisotopic (exact) mass is 741 g/mol. The fourth-order valence-electron chi connectivity index (χ4n) is 5.82. The van der Waals surface area contributed by atoms with E-state index in [1.54, 1.807) is 0 Å². The van der Waals surface area contributed by atoms with Gasteiger partial charge in [0.1, 0.15) is 17.2 Å². The third-order valence-electron chi connectivity index (χ3n) is 8.21. The molecular formula is C34H22F7N7O5. The van der Waals surface area contributed by atoms with Crippen LogP contribution in [0.3, 0.4) is 0 Å². The van der Waals surface area contributed by atoms with Crippen LogP contribution in [-0.2, 0) is 18.8 Å². The van der Waals surface area contributed by atoms with Crippen molar-refractivity contribution in [1.82, 2.24) is 29.2 Å². The quantitative estimate of drug-likeness (QED) is 0.179. The molecule has 1 aliphatic rings. The zero-order valence-corrected chi connectivity index (χ0v) is 26.9. The number of rotatable bonds is 4. The summed E-state index contributed by atoms with van der Waals surface area (Å²) in [6.07, 6.45) is -5.65. The van der Waals surface area contributed by atoms with Crippen LogP contribution in [0.4, 0.5) is 36.4 Å². The molecule has 272 valence electrons. The molecule has 12 nitrogen and oxygen atoms in total. The number of anilines is 1. The van der Waals surface area contributed by atoms with Crippen molar-refractivity contribution in [3.63, 3.8) is 0 Å². The summed E-state index contributed by atoms with van der Waals surface area (Å²) < 4.78 is 105. The van der Waals surface area contributed by atoms with E-state index in [1.165, 1.54) is 66.0 Å². The molecule has 19 heteroatoms. The Morgan fingerprint density at radius 1 is 0.774 bits per heavy atom. The molecule has 1 atom stereocenters. The maximum atomic E-state index is 13.8. The number of benzene rings is 1. The lowest BCUT2D eigenvalue weighted by Crippen LogP contribution is -2.42. The van der Waals surface area contributed by atoms with Crippen LogP contribution in [0, 0.1) is 5.82 Å². The van der Waals surface area contributed by atoms with Crippen molar-refractivity contribution in [2.75, 3.05) is 4.90 Å². The van der Waals surface area contributed by atoms with Crippen LogP contribution in [0.5, 0.6) is 0 Å². The number of carboxylic acids is 1. The minimum absolute atomic E-state index is 0.0270. The molecule has 8 rings (SSSR count). The van der Waals surface area contributed by atoms with Crippen molar-refractivity contribution in [3.05, 3.63) is 113 Å². The van der Waals surface area contributed by atoms with E-state index in [4.69, 9.17) is 13.9 Å². The first-order chi connectivity index (χ1) is 25.1. The van der Waals surface area contributed by atoms with Crippen LogP contribution in [-0.4, -0.2) is 52.2 Å². The molecular weight excluding hydrogens is 719 g/mol. The molecule has 0 bridgehead atoms. The number of amides is 1. The predicted octanol–water partition coefficient (Wildman–Crippen LogP) is 7.84. The molecule has 0 radical (unpaired) electrons. The van der Waals surface area contributed by atoms with E-state index in [-0.39, 0.29) is 45.9 Å². The van der Waals surface area contributed by atoms with Gasteiger partial charge in [-0.1, -0.05) is 0 Å². The molecule has 7 aromatic rings. The summed E-state index contributed by atoms with van der Waals surface area (Å²) in [6.45, 7) is 1.83. The van der Waals surface area contributed by atoms with E-state index < -0.39 is 47.1 Å². The van der Waals surface area contributed by atoms with Crippen molar-refractivity contribution in [2.24, 2.45) is 0 Å². The summed E-state index contributed by atoms with van der Waals surface area (Å²) in [7, 11) is 0. The molecule has 1 aliphatic heterocycles. The summed E-state index contributed by atoms with van der Waals surface area (Å²) in [6, 6.07) is 13.6. The van der Waals surface area contributed by atoms with Crippen LogP contribution in [0.15, 0.2) is 88.1 Å². The number of nitrogens with zero attached hydrogens (tertiary/aromatic N) is 7. The number of halogens is 7. The number of furan rings is 2. The number of alkyl halides is 6. The molecule has 1 aromatic carbocycles. The summed E-state index contributed by atoms with van der Waals surface area (Å²) in [5.74, 6) is -2.13. The Balaban J connectivity index is 0.000000179. The first-order valence-corrected chi connectivity index (χ1v) is 15.5. The number of fused-ring (bicyclic) bond motifs is 3. The molecule has 1 unspecified atom stereocenters. The second kappa shape index (κ2) is 12.9. The normalized spacial score (nSPS) is 14.6. The summed E-state index contributed by atoms with van der Waals surface area (Å²) in [4.78, 5) is 33.8. The van der Waals surface area contributed by atoms with Crippen molar-refractivity contribution in [2.45, 2.75) is 38.2 Å². The highest BCUT2D eigenvalue weighted by Crippen LogP contribution is 2.36. The maximum absolute atomic E-state index is 13.8. The number of hydrogen-bond donors (Lipinski definition) is 1.